The highest BCUT2D eigenvalue weighted by molar-refractivity contribution is 5.95. The molecule has 0 aliphatic rings. The summed E-state index contributed by atoms with van der Waals surface area (Å²) in [6, 6.07) is 9.38. The summed E-state index contributed by atoms with van der Waals surface area (Å²) in [6.45, 7) is 8.26. The average Bonchev–Trinajstić information content (AvgIpc) is 2.91. The Kier molecular flexibility index (Phi) is 5.79. The topological polar surface area (TPSA) is 74.0 Å². The Morgan fingerprint density at radius 2 is 1.79 bits per heavy atom. The van der Waals surface area contributed by atoms with Crippen molar-refractivity contribution in [3.05, 3.63) is 58.4 Å². The smallest absolute Gasteiger partial charge is 0.268 e. The Balaban J connectivity index is 1.93. The van der Waals surface area contributed by atoms with Crippen LogP contribution in [0.4, 0.5) is 0 Å². The van der Waals surface area contributed by atoms with Gasteiger partial charge >= 0.3 is 0 Å². The number of aryl methyl sites for hydroxylation is 2. The zero-order valence-corrected chi connectivity index (χ0v) is 14.7. The Morgan fingerprint density at radius 3 is 2.33 bits per heavy atom. The third-order valence-electron chi connectivity index (χ3n) is 4.04. The number of rotatable bonds is 6. The summed E-state index contributed by atoms with van der Waals surface area (Å²) in [6.07, 6.45) is 0.896. The molecule has 1 atom stereocenters. The summed E-state index contributed by atoms with van der Waals surface area (Å²) >= 11 is 0. The van der Waals surface area contributed by atoms with Crippen LogP contribution in [0.3, 0.4) is 0 Å². The second-order valence-electron chi connectivity index (χ2n) is 6.17. The van der Waals surface area contributed by atoms with E-state index in [0.29, 0.717) is 17.8 Å². The van der Waals surface area contributed by atoms with E-state index in [-0.39, 0.29) is 17.9 Å². The van der Waals surface area contributed by atoms with Gasteiger partial charge in [-0.3, -0.25) is 9.59 Å². The summed E-state index contributed by atoms with van der Waals surface area (Å²) in [5.74, 6) is -0.198. The molecule has 0 unspecified atom stereocenters. The van der Waals surface area contributed by atoms with Crippen LogP contribution in [-0.4, -0.2) is 22.8 Å². The molecule has 0 aliphatic carbocycles. The van der Waals surface area contributed by atoms with Crippen molar-refractivity contribution in [2.45, 2.75) is 46.7 Å². The van der Waals surface area contributed by atoms with Crippen LogP contribution >= 0.6 is 0 Å². The van der Waals surface area contributed by atoms with E-state index in [1.165, 1.54) is 0 Å². The van der Waals surface area contributed by atoms with Crippen molar-refractivity contribution in [2.24, 2.45) is 0 Å². The maximum atomic E-state index is 12.2. The highest BCUT2D eigenvalue weighted by Gasteiger charge is 2.12. The minimum absolute atomic E-state index is 0.0718. The largest absolute Gasteiger partial charge is 0.354 e. The van der Waals surface area contributed by atoms with E-state index in [4.69, 9.17) is 0 Å². The molecule has 1 aromatic carbocycles. The molecular formula is C19H25N3O2. The van der Waals surface area contributed by atoms with Gasteiger partial charge in [0.2, 0.25) is 0 Å². The quantitative estimate of drug-likeness (QED) is 0.763. The lowest BCUT2D eigenvalue weighted by Gasteiger charge is -2.11. The van der Waals surface area contributed by atoms with E-state index >= 15 is 0 Å². The van der Waals surface area contributed by atoms with Gasteiger partial charge in [0.25, 0.3) is 11.8 Å². The van der Waals surface area contributed by atoms with Crippen LogP contribution in [0.2, 0.25) is 0 Å². The molecule has 24 heavy (non-hydrogen) atoms. The zero-order chi connectivity index (χ0) is 17.7. The van der Waals surface area contributed by atoms with E-state index < -0.39 is 0 Å². The van der Waals surface area contributed by atoms with Crippen LogP contribution < -0.4 is 10.6 Å². The van der Waals surface area contributed by atoms with Crippen LogP contribution in [0.15, 0.2) is 30.3 Å². The molecule has 0 radical (unpaired) electrons. The van der Waals surface area contributed by atoms with Crippen molar-refractivity contribution in [3.63, 3.8) is 0 Å². The number of carbonyl (C=O) groups is 2. The van der Waals surface area contributed by atoms with Crippen LogP contribution in [0.5, 0.6) is 0 Å². The molecule has 2 amide bonds. The fourth-order valence-corrected chi connectivity index (χ4v) is 2.42. The predicted octanol–water partition coefficient (Wildman–Crippen LogP) is 3.09. The van der Waals surface area contributed by atoms with E-state index in [0.717, 1.165) is 23.2 Å². The second kappa shape index (κ2) is 7.81. The lowest BCUT2D eigenvalue weighted by atomic mass is 10.1. The molecule has 0 fully saturated rings. The van der Waals surface area contributed by atoms with Gasteiger partial charge in [-0.2, -0.15) is 0 Å². The Hall–Kier alpha value is -2.56. The van der Waals surface area contributed by atoms with Crippen molar-refractivity contribution >= 4 is 11.8 Å². The first-order valence-corrected chi connectivity index (χ1v) is 8.25. The fraction of sp³-hybridized carbons (Fsp3) is 0.368. The molecule has 3 N–H and O–H groups in total. The second-order valence-corrected chi connectivity index (χ2v) is 6.17. The molecule has 1 aromatic heterocycles. The van der Waals surface area contributed by atoms with Gasteiger partial charge in [-0.1, -0.05) is 19.1 Å². The monoisotopic (exact) mass is 327 g/mol. The fourth-order valence-electron chi connectivity index (χ4n) is 2.42. The molecule has 1 heterocycles. The molecule has 0 saturated carbocycles. The Labute approximate surface area is 142 Å². The maximum absolute atomic E-state index is 12.2. The third kappa shape index (κ3) is 4.47. The van der Waals surface area contributed by atoms with Gasteiger partial charge in [0.15, 0.2) is 0 Å². The number of aromatic nitrogens is 1. The van der Waals surface area contributed by atoms with Gasteiger partial charge in [-0.15, -0.1) is 0 Å². The highest BCUT2D eigenvalue weighted by Crippen LogP contribution is 2.10. The molecule has 0 aliphatic heterocycles. The van der Waals surface area contributed by atoms with Crippen LogP contribution in [0.25, 0.3) is 0 Å². The molecule has 0 saturated heterocycles. The Morgan fingerprint density at radius 1 is 1.12 bits per heavy atom. The first-order valence-electron chi connectivity index (χ1n) is 8.25. The summed E-state index contributed by atoms with van der Waals surface area (Å²) in [7, 11) is 0. The summed E-state index contributed by atoms with van der Waals surface area (Å²) < 4.78 is 0. The lowest BCUT2D eigenvalue weighted by Crippen LogP contribution is -2.31. The van der Waals surface area contributed by atoms with E-state index in [1.807, 2.05) is 45.9 Å². The number of aromatic amines is 1. The van der Waals surface area contributed by atoms with Gasteiger partial charge in [0.05, 0.1) is 0 Å². The van der Waals surface area contributed by atoms with E-state index in [9.17, 15) is 9.59 Å². The van der Waals surface area contributed by atoms with Crippen molar-refractivity contribution in [1.29, 1.82) is 0 Å². The average molecular weight is 327 g/mol. The minimum Gasteiger partial charge on any atom is -0.354 e. The molecule has 5 heteroatoms. The van der Waals surface area contributed by atoms with Crippen LogP contribution in [-0.2, 0) is 6.54 Å². The van der Waals surface area contributed by atoms with Gasteiger partial charge in [0.1, 0.15) is 5.69 Å². The van der Waals surface area contributed by atoms with Gasteiger partial charge < -0.3 is 15.6 Å². The van der Waals surface area contributed by atoms with Crippen molar-refractivity contribution in [2.75, 3.05) is 0 Å². The predicted molar refractivity (Wildman–Crippen MR) is 95.1 cm³/mol. The summed E-state index contributed by atoms with van der Waals surface area (Å²) in [5, 5.41) is 5.82. The van der Waals surface area contributed by atoms with Crippen LogP contribution in [0.1, 0.15) is 57.9 Å². The molecule has 2 aromatic rings. The van der Waals surface area contributed by atoms with Crippen molar-refractivity contribution < 1.29 is 9.59 Å². The zero-order valence-electron chi connectivity index (χ0n) is 14.7. The molecule has 0 spiro atoms. The number of H-pyrrole nitrogens is 1. The van der Waals surface area contributed by atoms with E-state index in [2.05, 4.69) is 15.6 Å². The number of carbonyl (C=O) groups excluding carboxylic acids is 2. The first-order chi connectivity index (χ1) is 11.4. The molecule has 5 nitrogen and oxygen atoms in total. The number of nitrogens with one attached hydrogen (secondary N) is 3. The van der Waals surface area contributed by atoms with Gasteiger partial charge in [0, 0.05) is 23.8 Å². The summed E-state index contributed by atoms with van der Waals surface area (Å²) in [5.41, 5.74) is 4.07. The third-order valence-corrected chi connectivity index (χ3v) is 4.04. The standard InChI is InChI=1S/C19H25N3O2/c1-5-13(3)22-18(23)16-8-6-15(7-9-16)11-20-19(24)17-12(2)10-14(4)21-17/h6-10,13,21H,5,11H2,1-4H3,(H,20,24)(H,22,23)/t13-/m1/s1. The molecule has 0 bridgehead atoms. The van der Waals surface area contributed by atoms with E-state index in [1.54, 1.807) is 12.1 Å². The number of benzene rings is 1. The van der Waals surface area contributed by atoms with Crippen LogP contribution in [0, 0.1) is 13.8 Å². The number of amides is 2. The van der Waals surface area contributed by atoms with Gasteiger partial charge in [-0.25, -0.2) is 0 Å². The summed E-state index contributed by atoms with van der Waals surface area (Å²) in [4.78, 5) is 27.3. The lowest BCUT2D eigenvalue weighted by molar-refractivity contribution is 0.0932. The highest BCUT2D eigenvalue weighted by atomic mass is 16.2. The molecular weight excluding hydrogens is 302 g/mol. The molecule has 2 rings (SSSR count). The first kappa shape index (κ1) is 17.8. The number of hydrogen-bond acceptors (Lipinski definition) is 2. The van der Waals surface area contributed by atoms with Gasteiger partial charge in [-0.05, 0) is 56.5 Å². The Bertz CT molecular complexity index is 717. The van der Waals surface area contributed by atoms with Crippen molar-refractivity contribution in [3.8, 4) is 0 Å². The minimum atomic E-state index is -0.126. The number of hydrogen-bond donors (Lipinski definition) is 3. The van der Waals surface area contributed by atoms with Crippen molar-refractivity contribution in [1.82, 2.24) is 15.6 Å². The molecule has 128 valence electrons. The normalized spacial score (nSPS) is 11.8. The SMILES string of the molecule is CC[C@@H](C)NC(=O)c1ccc(CNC(=O)c2[nH]c(C)cc2C)cc1. The maximum Gasteiger partial charge on any atom is 0.268 e.